The van der Waals surface area contributed by atoms with Crippen molar-refractivity contribution in [1.82, 2.24) is 5.32 Å². The lowest BCUT2D eigenvalue weighted by Crippen LogP contribution is -2.31. The molecule has 0 aromatic heterocycles. The van der Waals surface area contributed by atoms with Gasteiger partial charge in [-0.1, -0.05) is 24.3 Å². The number of guanidine groups is 1. The fourth-order valence-electron chi connectivity index (χ4n) is 1.26. The second kappa shape index (κ2) is 8.67. The predicted molar refractivity (Wildman–Crippen MR) is 82.1 cm³/mol. The van der Waals surface area contributed by atoms with Crippen LogP contribution in [0.25, 0.3) is 0 Å². The van der Waals surface area contributed by atoms with Crippen LogP contribution < -0.4 is 15.8 Å². The van der Waals surface area contributed by atoms with E-state index in [0.29, 0.717) is 12.1 Å². The molecular weight excluding hydrogens is 386 g/mol. The number of alkyl halides is 3. The van der Waals surface area contributed by atoms with Gasteiger partial charge in [0.1, 0.15) is 5.75 Å². The first-order valence-electron chi connectivity index (χ1n) is 5.40. The van der Waals surface area contributed by atoms with E-state index in [2.05, 4.69) is 21.6 Å². The molecule has 0 heterocycles. The van der Waals surface area contributed by atoms with E-state index in [0.717, 1.165) is 0 Å². The summed E-state index contributed by atoms with van der Waals surface area (Å²) in [6.07, 6.45) is -3.14. The smallest absolute Gasteiger partial charge is 0.405 e. The molecule has 1 aromatic rings. The van der Waals surface area contributed by atoms with Crippen molar-refractivity contribution in [3.8, 4) is 5.75 Å². The molecule has 0 spiro atoms. The van der Waals surface area contributed by atoms with Crippen LogP contribution in [0.4, 0.5) is 13.2 Å². The Hall–Kier alpha value is -1.45. The van der Waals surface area contributed by atoms with E-state index in [1.54, 1.807) is 12.1 Å². The maximum Gasteiger partial charge on any atom is 0.573 e. The molecule has 0 saturated carbocycles. The molecular formula is C12H15F3IN3O. The number of hydrogen-bond donors (Lipinski definition) is 2. The van der Waals surface area contributed by atoms with Crippen LogP contribution in [0.5, 0.6) is 5.75 Å². The van der Waals surface area contributed by atoms with Gasteiger partial charge >= 0.3 is 6.36 Å². The predicted octanol–water partition coefficient (Wildman–Crippen LogP) is 2.79. The molecule has 112 valence electrons. The van der Waals surface area contributed by atoms with E-state index >= 15 is 0 Å². The van der Waals surface area contributed by atoms with E-state index in [1.807, 2.05) is 0 Å². The molecule has 0 bridgehead atoms. The largest absolute Gasteiger partial charge is 0.573 e. The van der Waals surface area contributed by atoms with E-state index < -0.39 is 6.36 Å². The van der Waals surface area contributed by atoms with Crippen LogP contribution in [0.1, 0.15) is 5.56 Å². The van der Waals surface area contributed by atoms with Gasteiger partial charge in [0, 0.05) is 12.1 Å². The zero-order valence-electron chi connectivity index (χ0n) is 10.5. The van der Waals surface area contributed by atoms with Crippen molar-refractivity contribution in [1.29, 1.82) is 0 Å². The zero-order chi connectivity index (χ0) is 14.3. The average Bonchev–Trinajstić information content (AvgIpc) is 2.33. The molecule has 0 amide bonds. The van der Waals surface area contributed by atoms with Gasteiger partial charge in [-0.05, 0) is 6.07 Å². The standard InChI is InChI=1S/C12H14F3N3O.HI/c1-2-7-17-11(16)18-8-9-5-3-4-6-10(9)19-12(13,14)15;/h2-6H,1,7-8H2,(H3,16,17,18);1H. The highest BCUT2D eigenvalue weighted by atomic mass is 127. The van der Waals surface area contributed by atoms with Crippen molar-refractivity contribution in [2.45, 2.75) is 12.9 Å². The minimum absolute atomic E-state index is 0. The molecule has 1 rings (SSSR count). The number of para-hydroxylation sites is 1. The Kier molecular flexibility index (Phi) is 8.04. The van der Waals surface area contributed by atoms with Gasteiger partial charge < -0.3 is 15.8 Å². The van der Waals surface area contributed by atoms with Crippen molar-refractivity contribution in [3.63, 3.8) is 0 Å². The van der Waals surface area contributed by atoms with Gasteiger partial charge in [-0.25, -0.2) is 4.99 Å². The molecule has 0 aliphatic carbocycles. The Balaban J connectivity index is 0.00000361. The number of hydrogen-bond acceptors (Lipinski definition) is 2. The second-order valence-corrected chi connectivity index (χ2v) is 3.53. The Morgan fingerprint density at radius 2 is 2.05 bits per heavy atom. The average molecular weight is 401 g/mol. The highest BCUT2D eigenvalue weighted by molar-refractivity contribution is 14.0. The Bertz CT molecular complexity index is 464. The maximum atomic E-state index is 12.2. The third-order valence-corrected chi connectivity index (χ3v) is 2.05. The van der Waals surface area contributed by atoms with Crippen LogP contribution in [-0.2, 0) is 6.54 Å². The van der Waals surface area contributed by atoms with Gasteiger partial charge in [0.15, 0.2) is 5.96 Å². The van der Waals surface area contributed by atoms with E-state index in [-0.39, 0.29) is 42.2 Å². The summed E-state index contributed by atoms with van der Waals surface area (Å²) in [6.45, 7) is 3.90. The monoisotopic (exact) mass is 401 g/mol. The Labute approximate surface area is 131 Å². The Morgan fingerprint density at radius 3 is 2.65 bits per heavy atom. The highest BCUT2D eigenvalue weighted by Crippen LogP contribution is 2.26. The summed E-state index contributed by atoms with van der Waals surface area (Å²) in [6, 6.07) is 5.77. The molecule has 0 unspecified atom stereocenters. The lowest BCUT2D eigenvalue weighted by Gasteiger charge is -2.12. The summed E-state index contributed by atoms with van der Waals surface area (Å²) in [4.78, 5) is 3.91. The van der Waals surface area contributed by atoms with Gasteiger partial charge in [-0.3, -0.25) is 0 Å². The SMILES string of the molecule is C=CCNC(N)=NCc1ccccc1OC(F)(F)F.I. The van der Waals surface area contributed by atoms with Gasteiger partial charge in [0.25, 0.3) is 0 Å². The lowest BCUT2D eigenvalue weighted by atomic mass is 10.2. The minimum atomic E-state index is -4.73. The molecule has 0 aliphatic heterocycles. The molecule has 0 atom stereocenters. The van der Waals surface area contributed by atoms with Crippen molar-refractivity contribution >= 4 is 29.9 Å². The van der Waals surface area contributed by atoms with Crippen molar-refractivity contribution in [3.05, 3.63) is 42.5 Å². The summed E-state index contributed by atoms with van der Waals surface area (Å²) < 4.78 is 40.4. The molecule has 8 heteroatoms. The first-order valence-corrected chi connectivity index (χ1v) is 5.40. The molecule has 0 saturated heterocycles. The maximum absolute atomic E-state index is 12.2. The van der Waals surface area contributed by atoms with Crippen LogP contribution in [0.2, 0.25) is 0 Å². The fourth-order valence-corrected chi connectivity index (χ4v) is 1.26. The molecule has 0 fully saturated rings. The lowest BCUT2D eigenvalue weighted by molar-refractivity contribution is -0.274. The zero-order valence-corrected chi connectivity index (χ0v) is 12.8. The Morgan fingerprint density at radius 1 is 1.40 bits per heavy atom. The van der Waals surface area contributed by atoms with Gasteiger partial charge in [0.05, 0.1) is 6.54 Å². The number of halogens is 4. The summed E-state index contributed by atoms with van der Waals surface area (Å²) in [5.74, 6) is -0.156. The third-order valence-electron chi connectivity index (χ3n) is 2.05. The number of aliphatic imine (C=N–C) groups is 1. The van der Waals surface area contributed by atoms with Gasteiger partial charge in [-0.15, -0.1) is 43.7 Å². The first-order chi connectivity index (χ1) is 8.92. The number of nitrogens with one attached hydrogen (secondary N) is 1. The number of nitrogens with two attached hydrogens (primary N) is 1. The summed E-state index contributed by atoms with van der Waals surface area (Å²) in [7, 11) is 0. The van der Waals surface area contributed by atoms with E-state index in [1.165, 1.54) is 18.2 Å². The summed E-state index contributed by atoms with van der Waals surface area (Å²) >= 11 is 0. The first kappa shape index (κ1) is 18.6. The number of nitrogens with zero attached hydrogens (tertiary/aromatic N) is 1. The fraction of sp³-hybridized carbons (Fsp3) is 0.250. The topological polar surface area (TPSA) is 59.6 Å². The van der Waals surface area contributed by atoms with E-state index in [9.17, 15) is 13.2 Å². The summed E-state index contributed by atoms with van der Waals surface area (Å²) in [5, 5.41) is 2.72. The molecule has 0 radical (unpaired) electrons. The van der Waals surface area contributed by atoms with Crippen molar-refractivity contribution in [2.24, 2.45) is 10.7 Å². The third kappa shape index (κ3) is 7.22. The van der Waals surface area contributed by atoms with E-state index in [4.69, 9.17) is 5.73 Å². The van der Waals surface area contributed by atoms with Crippen LogP contribution in [0.15, 0.2) is 41.9 Å². The van der Waals surface area contributed by atoms with Gasteiger partial charge in [0.2, 0.25) is 0 Å². The molecule has 20 heavy (non-hydrogen) atoms. The molecule has 1 aromatic carbocycles. The molecule has 4 nitrogen and oxygen atoms in total. The van der Waals surface area contributed by atoms with Crippen molar-refractivity contribution < 1.29 is 17.9 Å². The normalized spacial score (nSPS) is 11.4. The number of ether oxygens (including phenoxy) is 1. The second-order valence-electron chi connectivity index (χ2n) is 3.53. The van der Waals surface area contributed by atoms with Gasteiger partial charge in [-0.2, -0.15) is 0 Å². The molecule has 0 aliphatic rings. The molecule has 3 N–H and O–H groups in total. The number of benzene rings is 1. The highest BCUT2D eigenvalue weighted by Gasteiger charge is 2.31. The van der Waals surface area contributed by atoms with Crippen LogP contribution in [0, 0.1) is 0 Å². The van der Waals surface area contributed by atoms with Crippen LogP contribution >= 0.6 is 24.0 Å². The van der Waals surface area contributed by atoms with Crippen LogP contribution in [-0.4, -0.2) is 18.9 Å². The van der Waals surface area contributed by atoms with Crippen molar-refractivity contribution in [2.75, 3.05) is 6.54 Å². The summed E-state index contributed by atoms with van der Waals surface area (Å²) in [5.41, 5.74) is 5.81. The minimum Gasteiger partial charge on any atom is -0.405 e. The quantitative estimate of drug-likeness (QED) is 0.345. The van der Waals surface area contributed by atoms with Crippen LogP contribution in [0.3, 0.4) is 0 Å². The number of rotatable bonds is 5.